The maximum Gasteiger partial charge on any atom is 0.410 e. The topological polar surface area (TPSA) is 69.2 Å². The molecule has 0 bridgehead atoms. The summed E-state index contributed by atoms with van der Waals surface area (Å²) in [4.78, 5) is 20.5. The molecule has 1 aliphatic heterocycles. The van der Waals surface area contributed by atoms with E-state index in [0.29, 0.717) is 0 Å². The fraction of sp³-hybridized carbons (Fsp3) is 0.895. The molecule has 1 amide bonds. The van der Waals surface area contributed by atoms with Crippen molar-refractivity contribution in [1.82, 2.24) is 20.4 Å². The van der Waals surface area contributed by atoms with Crippen molar-refractivity contribution in [3.63, 3.8) is 0 Å². The number of guanidine groups is 1. The molecule has 1 saturated heterocycles. The second-order valence-corrected chi connectivity index (χ2v) is 8.06. The van der Waals surface area contributed by atoms with E-state index in [-0.39, 0.29) is 12.1 Å². The van der Waals surface area contributed by atoms with E-state index in [1.807, 2.05) is 27.7 Å². The number of aliphatic imine (C=N–C) groups is 1. The van der Waals surface area contributed by atoms with Crippen LogP contribution in [-0.2, 0) is 4.74 Å². The highest BCUT2D eigenvalue weighted by Crippen LogP contribution is 2.11. The van der Waals surface area contributed by atoms with Crippen LogP contribution in [0.5, 0.6) is 0 Å². The van der Waals surface area contributed by atoms with Crippen molar-refractivity contribution in [3.05, 3.63) is 0 Å². The molecule has 0 aromatic rings. The van der Waals surface area contributed by atoms with Crippen molar-refractivity contribution in [2.75, 3.05) is 46.8 Å². The van der Waals surface area contributed by atoms with E-state index >= 15 is 0 Å². The first-order valence-corrected chi connectivity index (χ1v) is 9.85. The average Bonchev–Trinajstić information content (AvgIpc) is 2.59. The Balaban J connectivity index is 2.23. The van der Waals surface area contributed by atoms with Gasteiger partial charge in [-0.05, 0) is 60.0 Å². The number of carbonyl (C=O) groups is 1. The highest BCUT2D eigenvalue weighted by atomic mass is 16.6. The third-order valence-corrected chi connectivity index (χ3v) is 4.59. The minimum atomic E-state index is -0.469. The smallest absolute Gasteiger partial charge is 0.410 e. The number of nitrogens with one attached hydrogen (secondary N) is 2. The number of likely N-dealkylation sites (tertiary alicyclic amines) is 1. The van der Waals surface area contributed by atoms with E-state index in [4.69, 9.17) is 4.74 Å². The Hall–Kier alpha value is -1.50. The van der Waals surface area contributed by atoms with Crippen LogP contribution in [0.1, 0.15) is 53.4 Å². The van der Waals surface area contributed by atoms with E-state index in [1.54, 1.807) is 19.0 Å². The Kier molecular flexibility index (Phi) is 9.76. The summed E-state index contributed by atoms with van der Waals surface area (Å²) >= 11 is 0. The maximum absolute atomic E-state index is 12.1. The summed E-state index contributed by atoms with van der Waals surface area (Å²) < 4.78 is 5.41. The molecule has 1 heterocycles. The third-order valence-electron chi connectivity index (χ3n) is 4.59. The van der Waals surface area contributed by atoms with Crippen LogP contribution in [0.2, 0.25) is 0 Å². The van der Waals surface area contributed by atoms with Crippen LogP contribution in [0, 0.1) is 0 Å². The third kappa shape index (κ3) is 9.27. The van der Waals surface area contributed by atoms with E-state index in [1.165, 1.54) is 32.4 Å². The van der Waals surface area contributed by atoms with Gasteiger partial charge >= 0.3 is 6.09 Å². The lowest BCUT2D eigenvalue weighted by Gasteiger charge is -2.29. The molecule has 0 spiro atoms. The first kappa shape index (κ1) is 22.5. The van der Waals surface area contributed by atoms with E-state index in [0.717, 1.165) is 32.0 Å². The molecule has 0 aromatic heterocycles. The molecule has 1 unspecified atom stereocenters. The van der Waals surface area contributed by atoms with Gasteiger partial charge in [0.1, 0.15) is 5.60 Å². The number of carbonyl (C=O) groups excluding carboxylic acids is 1. The molecule has 0 aromatic carbocycles. The van der Waals surface area contributed by atoms with Gasteiger partial charge in [0.2, 0.25) is 0 Å². The molecule has 7 heteroatoms. The van der Waals surface area contributed by atoms with Gasteiger partial charge in [0, 0.05) is 39.8 Å². The Morgan fingerprint density at radius 2 is 1.81 bits per heavy atom. The van der Waals surface area contributed by atoms with E-state index < -0.39 is 5.60 Å². The summed E-state index contributed by atoms with van der Waals surface area (Å²) in [6, 6.07) is 0.0869. The van der Waals surface area contributed by atoms with Gasteiger partial charge in [-0.15, -0.1) is 0 Å². The number of hydrogen-bond acceptors (Lipinski definition) is 4. The normalized spacial score (nSPS) is 17.5. The lowest BCUT2D eigenvalue weighted by Crippen LogP contribution is -2.44. The molecule has 1 fully saturated rings. The molecule has 1 atom stereocenters. The minimum absolute atomic E-state index is 0.0869. The van der Waals surface area contributed by atoms with Crippen molar-refractivity contribution in [3.8, 4) is 0 Å². The summed E-state index contributed by atoms with van der Waals surface area (Å²) in [7, 11) is 3.57. The minimum Gasteiger partial charge on any atom is -0.444 e. The van der Waals surface area contributed by atoms with E-state index in [9.17, 15) is 4.79 Å². The monoisotopic (exact) mass is 369 g/mol. The fourth-order valence-electron chi connectivity index (χ4n) is 2.84. The summed E-state index contributed by atoms with van der Waals surface area (Å²) in [6.07, 6.45) is 4.53. The quantitative estimate of drug-likeness (QED) is 0.532. The molecular weight excluding hydrogens is 330 g/mol. The molecule has 0 aliphatic carbocycles. The molecule has 0 radical (unpaired) electrons. The van der Waals surface area contributed by atoms with Gasteiger partial charge in [0.05, 0.1) is 0 Å². The van der Waals surface area contributed by atoms with Crippen LogP contribution in [0.25, 0.3) is 0 Å². The van der Waals surface area contributed by atoms with Crippen LogP contribution in [-0.4, -0.2) is 80.3 Å². The number of ether oxygens (including phenoxy) is 1. The summed E-state index contributed by atoms with van der Waals surface area (Å²) in [6.45, 7) is 12.8. The van der Waals surface area contributed by atoms with Gasteiger partial charge in [-0.3, -0.25) is 4.99 Å². The number of rotatable bonds is 7. The Bertz CT molecular complexity index is 442. The van der Waals surface area contributed by atoms with Gasteiger partial charge in [-0.25, -0.2) is 4.79 Å². The van der Waals surface area contributed by atoms with Crippen molar-refractivity contribution in [2.45, 2.75) is 65.0 Å². The van der Waals surface area contributed by atoms with Crippen molar-refractivity contribution >= 4 is 12.1 Å². The van der Waals surface area contributed by atoms with Gasteiger partial charge in [0.15, 0.2) is 5.96 Å². The summed E-state index contributed by atoms with van der Waals surface area (Å²) in [5.41, 5.74) is -0.469. The first-order valence-electron chi connectivity index (χ1n) is 9.85. The second-order valence-electron chi connectivity index (χ2n) is 8.06. The van der Waals surface area contributed by atoms with Crippen LogP contribution >= 0.6 is 0 Å². The molecular formula is C19H39N5O2. The molecule has 26 heavy (non-hydrogen) atoms. The predicted octanol–water partition coefficient (Wildman–Crippen LogP) is 2.28. The molecule has 152 valence electrons. The SMILES string of the molecule is CN=C(NCCC(C)N(C)C(=O)OC(C)(C)C)NCCN1CCCCC1. The lowest BCUT2D eigenvalue weighted by molar-refractivity contribution is 0.0230. The summed E-state index contributed by atoms with van der Waals surface area (Å²) in [5, 5.41) is 6.69. The number of nitrogens with zero attached hydrogens (tertiary/aromatic N) is 3. The zero-order valence-corrected chi connectivity index (χ0v) is 17.6. The molecule has 1 aliphatic rings. The van der Waals surface area contributed by atoms with Crippen LogP contribution in [0.3, 0.4) is 0 Å². The molecule has 0 saturated carbocycles. The number of amides is 1. The molecule has 2 N–H and O–H groups in total. The summed E-state index contributed by atoms with van der Waals surface area (Å²) in [5.74, 6) is 0.814. The van der Waals surface area contributed by atoms with Gasteiger partial charge in [-0.2, -0.15) is 0 Å². The number of piperidine rings is 1. The Morgan fingerprint density at radius 3 is 2.38 bits per heavy atom. The zero-order valence-electron chi connectivity index (χ0n) is 17.6. The van der Waals surface area contributed by atoms with Gasteiger partial charge in [-0.1, -0.05) is 6.42 Å². The Morgan fingerprint density at radius 1 is 1.19 bits per heavy atom. The van der Waals surface area contributed by atoms with Crippen LogP contribution < -0.4 is 10.6 Å². The zero-order chi connectivity index (χ0) is 19.6. The van der Waals surface area contributed by atoms with Crippen molar-refractivity contribution < 1.29 is 9.53 Å². The largest absolute Gasteiger partial charge is 0.444 e. The first-order chi connectivity index (χ1) is 12.2. The van der Waals surface area contributed by atoms with Gasteiger partial charge < -0.3 is 25.2 Å². The maximum atomic E-state index is 12.1. The predicted molar refractivity (Wildman–Crippen MR) is 108 cm³/mol. The second kappa shape index (κ2) is 11.3. The van der Waals surface area contributed by atoms with Crippen molar-refractivity contribution in [1.29, 1.82) is 0 Å². The highest BCUT2D eigenvalue weighted by molar-refractivity contribution is 5.79. The molecule has 1 rings (SSSR count). The Labute approximate surface area is 159 Å². The van der Waals surface area contributed by atoms with Crippen LogP contribution in [0.15, 0.2) is 4.99 Å². The standard InChI is InChI=1S/C19H39N5O2/c1-16(23(6)18(25)26-19(2,3)4)10-11-21-17(20-5)22-12-15-24-13-8-7-9-14-24/h16H,7-15H2,1-6H3,(H2,20,21,22). The lowest BCUT2D eigenvalue weighted by atomic mass is 10.1. The average molecular weight is 370 g/mol. The van der Waals surface area contributed by atoms with Gasteiger partial charge in [0.25, 0.3) is 0 Å². The number of hydrogen-bond donors (Lipinski definition) is 2. The molecule has 7 nitrogen and oxygen atoms in total. The van der Waals surface area contributed by atoms with E-state index in [2.05, 4.69) is 20.5 Å². The fourth-order valence-corrected chi connectivity index (χ4v) is 2.84. The van der Waals surface area contributed by atoms with Crippen LogP contribution in [0.4, 0.5) is 4.79 Å². The van der Waals surface area contributed by atoms with Crippen molar-refractivity contribution in [2.24, 2.45) is 4.99 Å². The highest BCUT2D eigenvalue weighted by Gasteiger charge is 2.22.